The van der Waals surface area contributed by atoms with Crippen molar-refractivity contribution < 1.29 is 8.42 Å². The molecule has 0 fully saturated rings. The molecule has 1 N–H and O–H groups in total. The number of hydrogen-bond acceptors (Lipinski definition) is 3. The van der Waals surface area contributed by atoms with Crippen molar-refractivity contribution in [3.63, 3.8) is 0 Å². The molecule has 112 valence electrons. The summed E-state index contributed by atoms with van der Waals surface area (Å²) in [5.41, 5.74) is 3.06. The minimum absolute atomic E-state index is 0.0103. The Labute approximate surface area is 130 Å². The summed E-state index contributed by atoms with van der Waals surface area (Å²) in [6, 6.07) is 8.58. The summed E-state index contributed by atoms with van der Waals surface area (Å²) in [7, 11) is -3.71. The standard InChI is InChI=1S/C15H17ClN2O2S/c1-10-6-7-11(2)13(9-10)12(3)18-21(19,20)14-5-4-8-17-15(14)16/h4-9,12,18H,1-3H3. The van der Waals surface area contributed by atoms with Gasteiger partial charge in [-0.25, -0.2) is 18.1 Å². The Balaban J connectivity index is 2.33. The van der Waals surface area contributed by atoms with E-state index in [1.807, 2.05) is 39.0 Å². The second-order valence-electron chi connectivity index (χ2n) is 5.00. The topological polar surface area (TPSA) is 59.1 Å². The molecule has 21 heavy (non-hydrogen) atoms. The summed E-state index contributed by atoms with van der Waals surface area (Å²) in [5.74, 6) is 0. The second kappa shape index (κ2) is 6.13. The van der Waals surface area contributed by atoms with Gasteiger partial charge in [-0.05, 0) is 44.0 Å². The van der Waals surface area contributed by atoms with Crippen molar-refractivity contribution in [3.05, 3.63) is 58.4 Å². The molecule has 4 nitrogen and oxygen atoms in total. The minimum Gasteiger partial charge on any atom is -0.243 e. The zero-order valence-electron chi connectivity index (χ0n) is 12.1. The molecule has 0 aliphatic carbocycles. The highest BCUT2D eigenvalue weighted by atomic mass is 35.5. The predicted octanol–water partition coefficient (Wildman–Crippen LogP) is 3.39. The van der Waals surface area contributed by atoms with E-state index < -0.39 is 10.0 Å². The number of pyridine rings is 1. The SMILES string of the molecule is Cc1ccc(C)c(C(C)NS(=O)(=O)c2cccnc2Cl)c1. The Morgan fingerprint density at radius 1 is 1.24 bits per heavy atom. The molecule has 0 aliphatic rings. The number of nitrogens with zero attached hydrogens (tertiary/aromatic N) is 1. The van der Waals surface area contributed by atoms with Crippen molar-refractivity contribution in [2.24, 2.45) is 0 Å². The van der Waals surface area contributed by atoms with Crippen molar-refractivity contribution in [1.29, 1.82) is 0 Å². The van der Waals surface area contributed by atoms with Crippen LogP contribution >= 0.6 is 11.6 Å². The van der Waals surface area contributed by atoms with Gasteiger partial charge in [-0.2, -0.15) is 0 Å². The van der Waals surface area contributed by atoms with Crippen molar-refractivity contribution in [2.75, 3.05) is 0 Å². The molecule has 1 unspecified atom stereocenters. The van der Waals surface area contributed by atoms with E-state index in [1.165, 1.54) is 12.3 Å². The lowest BCUT2D eigenvalue weighted by Crippen LogP contribution is -2.27. The molecular weight excluding hydrogens is 308 g/mol. The quantitative estimate of drug-likeness (QED) is 0.877. The van der Waals surface area contributed by atoms with Crippen molar-refractivity contribution >= 4 is 21.6 Å². The Morgan fingerprint density at radius 2 is 1.95 bits per heavy atom. The van der Waals surface area contributed by atoms with E-state index in [-0.39, 0.29) is 16.1 Å². The number of benzene rings is 1. The fourth-order valence-electron chi connectivity index (χ4n) is 2.16. The summed E-state index contributed by atoms with van der Waals surface area (Å²) in [4.78, 5) is 3.79. The van der Waals surface area contributed by atoms with Crippen LogP contribution in [-0.2, 0) is 10.0 Å². The van der Waals surface area contributed by atoms with Crippen molar-refractivity contribution in [3.8, 4) is 0 Å². The molecule has 2 aromatic rings. The van der Waals surface area contributed by atoms with Gasteiger partial charge in [0.1, 0.15) is 10.0 Å². The molecule has 2 rings (SSSR count). The van der Waals surface area contributed by atoms with Gasteiger partial charge >= 0.3 is 0 Å². The van der Waals surface area contributed by atoms with E-state index in [0.717, 1.165) is 16.7 Å². The maximum absolute atomic E-state index is 12.4. The monoisotopic (exact) mass is 324 g/mol. The predicted molar refractivity (Wildman–Crippen MR) is 83.9 cm³/mol. The molecule has 1 aromatic carbocycles. The number of hydrogen-bond donors (Lipinski definition) is 1. The van der Waals surface area contributed by atoms with E-state index >= 15 is 0 Å². The maximum Gasteiger partial charge on any atom is 0.244 e. The lowest BCUT2D eigenvalue weighted by atomic mass is 10.0. The van der Waals surface area contributed by atoms with Gasteiger partial charge < -0.3 is 0 Å². The Morgan fingerprint density at radius 3 is 2.62 bits per heavy atom. The van der Waals surface area contributed by atoms with Crippen LogP contribution in [0.1, 0.15) is 29.7 Å². The average Bonchev–Trinajstić information content (AvgIpc) is 2.41. The molecule has 1 aromatic heterocycles. The Hall–Kier alpha value is -1.43. The van der Waals surface area contributed by atoms with Gasteiger partial charge in [-0.1, -0.05) is 35.4 Å². The molecular formula is C15H17ClN2O2S. The first kappa shape index (κ1) is 15.9. The third kappa shape index (κ3) is 3.61. The molecule has 0 aliphatic heterocycles. The summed E-state index contributed by atoms with van der Waals surface area (Å²) in [5, 5.41) is -0.0295. The largest absolute Gasteiger partial charge is 0.244 e. The van der Waals surface area contributed by atoms with Crippen LogP contribution in [0.2, 0.25) is 5.15 Å². The average molecular weight is 325 g/mol. The molecule has 0 amide bonds. The summed E-state index contributed by atoms with van der Waals surface area (Å²) in [6.07, 6.45) is 1.45. The zero-order chi connectivity index (χ0) is 15.6. The van der Waals surface area contributed by atoms with E-state index in [1.54, 1.807) is 6.07 Å². The molecule has 6 heteroatoms. The second-order valence-corrected chi connectivity index (χ2v) is 7.04. The molecule has 1 atom stereocenters. The van der Waals surface area contributed by atoms with E-state index in [4.69, 9.17) is 11.6 Å². The van der Waals surface area contributed by atoms with E-state index in [9.17, 15) is 8.42 Å². The number of rotatable bonds is 4. The van der Waals surface area contributed by atoms with E-state index in [0.29, 0.717) is 0 Å². The summed E-state index contributed by atoms with van der Waals surface area (Å²) < 4.78 is 27.4. The normalized spacial score (nSPS) is 13.1. The Kier molecular flexibility index (Phi) is 4.66. The molecule has 0 saturated heterocycles. The molecule has 0 radical (unpaired) electrons. The van der Waals surface area contributed by atoms with Crippen LogP contribution in [0.25, 0.3) is 0 Å². The van der Waals surface area contributed by atoms with Gasteiger partial charge in [-0.3, -0.25) is 0 Å². The first-order valence-electron chi connectivity index (χ1n) is 6.51. The van der Waals surface area contributed by atoms with Crippen molar-refractivity contribution in [2.45, 2.75) is 31.7 Å². The summed E-state index contributed by atoms with van der Waals surface area (Å²) in [6.45, 7) is 5.74. The van der Waals surface area contributed by atoms with Gasteiger partial charge in [0.05, 0.1) is 0 Å². The van der Waals surface area contributed by atoms with Crippen LogP contribution < -0.4 is 4.72 Å². The lowest BCUT2D eigenvalue weighted by molar-refractivity contribution is 0.566. The molecule has 1 heterocycles. The smallest absolute Gasteiger partial charge is 0.243 e. The minimum atomic E-state index is -3.71. The molecule has 0 saturated carbocycles. The highest BCUT2D eigenvalue weighted by molar-refractivity contribution is 7.89. The van der Waals surface area contributed by atoms with Crippen molar-refractivity contribution in [1.82, 2.24) is 9.71 Å². The first-order valence-corrected chi connectivity index (χ1v) is 8.37. The van der Waals surface area contributed by atoms with Gasteiger partial charge in [0.25, 0.3) is 0 Å². The number of sulfonamides is 1. The van der Waals surface area contributed by atoms with Gasteiger partial charge in [0, 0.05) is 12.2 Å². The fraction of sp³-hybridized carbons (Fsp3) is 0.267. The summed E-state index contributed by atoms with van der Waals surface area (Å²) >= 11 is 5.86. The maximum atomic E-state index is 12.4. The van der Waals surface area contributed by atoms with E-state index in [2.05, 4.69) is 9.71 Å². The lowest BCUT2D eigenvalue weighted by Gasteiger charge is -2.17. The van der Waals surface area contributed by atoms with Crippen LogP contribution in [-0.4, -0.2) is 13.4 Å². The number of aromatic nitrogens is 1. The highest BCUT2D eigenvalue weighted by Crippen LogP contribution is 2.23. The number of halogens is 1. The third-order valence-corrected chi connectivity index (χ3v) is 5.23. The van der Waals surface area contributed by atoms with Gasteiger partial charge in [0.2, 0.25) is 10.0 Å². The zero-order valence-corrected chi connectivity index (χ0v) is 13.7. The first-order chi connectivity index (χ1) is 9.81. The Bertz CT molecular complexity index is 760. The fourth-order valence-corrected chi connectivity index (χ4v) is 3.83. The van der Waals surface area contributed by atoms with Gasteiger partial charge in [-0.15, -0.1) is 0 Å². The third-order valence-electron chi connectivity index (χ3n) is 3.25. The van der Waals surface area contributed by atoms with Crippen LogP contribution in [0.5, 0.6) is 0 Å². The van der Waals surface area contributed by atoms with Crippen LogP contribution in [0.4, 0.5) is 0 Å². The number of nitrogens with one attached hydrogen (secondary N) is 1. The van der Waals surface area contributed by atoms with Crippen LogP contribution in [0.3, 0.4) is 0 Å². The van der Waals surface area contributed by atoms with Crippen LogP contribution in [0.15, 0.2) is 41.4 Å². The highest BCUT2D eigenvalue weighted by Gasteiger charge is 2.22. The van der Waals surface area contributed by atoms with Gasteiger partial charge in [0.15, 0.2) is 0 Å². The molecule has 0 spiro atoms. The molecule has 0 bridgehead atoms. The number of aryl methyl sites for hydroxylation is 2. The van der Waals surface area contributed by atoms with Crippen LogP contribution in [0, 0.1) is 13.8 Å².